The van der Waals surface area contributed by atoms with E-state index >= 15 is 0 Å². The summed E-state index contributed by atoms with van der Waals surface area (Å²) in [6.07, 6.45) is 0.192. The molecule has 0 radical (unpaired) electrons. The minimum atomic E-state index is -4.42. The summed E-state index contributed by atoms with van der Waals surface area (Å²) >= 11 is 0. The van der Waals surface area contributed by atoms with Gasteiger partial charge in [-0.1, -0.05) is 60.2 Å². The highest BCUT2D eigenvalue weighted by molar-refractivity contribution is 7.92. The summed E-state index contributed by atoms with van der Waals surface area (Å²) in [6, 6.07) is 24.7. The first-order valence-corrected chi connectivity index (χ1v) is 15.6. The van der Waals surface area contributed by atoms with Crippen molar-refractivity contribution in [2.24, 2.45) is 0 Å². The molecule has 2 amide bonds. The van der Waals surface area contributed by atoms with Gasteiger partial charge in [-0.15, -0.1) is 0 Å². The molecule has 4 aromatic carbocycles. The highest BCUT2D eigenvalue weighted by Crippen LogP contribution is 2.32. The van der Waals surface area contributed by atoms with E-state index < -0.39 is 40.2 Å². The van der Waals surface area contributed by atoms with Crippen molar-refractivity contribution in [3.8, 4) is 11.5 Å². The van der Waals surface area contributed by atoms with E-state index in [1.807, 2.05) is 61.5 Å². The van der Waals surface area contributed by atoms with Gasteiger partial charge >= 0.3 is 0 Å². The highest BCUT2D eigenvalue weighted by Gasteiger charge is 2.34. The van der Waals surface area contributed by atoms with Crippen molar-refractivity contribution in [2.75, 3.05) is 32.1 Å². The second kappa shape index (κ2) is 14.7. The van der Waals surface area contributed by atoms with Crippen LogP contribution in [0.1, 0.15) is 16.7 Å². The Morgan fingerprint density at radius 3 is 2.13 bits per heavy atom. The molecule has 1 N–H and O–H groups in total. The quantitative estimate of drug-likeness (QED) is 0.228. The van der Waals surface area contributed by atoms with E-state index in [1.54, 1.807) is 0 Å². The molecule has 0 spiro atoms. The van der Waals surface area contributed by atoms with Crippen molar-refractivity contribution in [3.63, 3.8) is 0 Å². The lowest BCUT2D eigenvalue weighted by molar-refractivity contribution is -0.139. The Balaban J connectivity index is 1.81. The molecule has 4 aromatic rings. The summed E-state index contributed by atoms with van der Waals surface area (Å²) in [6.45, 7) is 1.29. The summed E-state index contributed by atoms with van der Waals surface area (Å²) in [5.41, 5.74) is 2.61. The minimum absolute atomic E-state index is 0.0408. The number of halogens is 1. The van der Waals surface area contributed by atoms with Crippen LogP contribution >= 0.6 is 0 Å². The average Bonchev–Trinajstić information content (AvgIpc) is 3.05. The molecule has 0 aromatic heterocycles. The van der Waals surface area contributed by atoms with E-state index in [-0.39, 0.29) is 29.3 Å². The number of carbonyl (C=O) groups excluding carboxylic acids is 2. The molecule has 0 saturated carbocycles. The topological polar surface area (TPSA) is 105 Å². The van der Waals surface area contributed by atoms with Crippen LogP contribution in [0.15, 0.2) is 102 Å². The third-order valence-corrected chi connectivity index (χ3v) is 9.06. The van der Waals surface area contributed by atoms with Crippen LogP contribution in [-0.2, 0) is 32.6 Å². The fourth-order valence-electron chi connectivity index (χ4n) is 4.97. The van der Waals surface area contributed by atoms with Crippen LogP contribution in [0, 0.1) is 12.7 Å². The third kappa shape index (κ3) is 7.98. The van der Waals surface area contributed by atoms with Crippen LogP contribution in [0.2, 0.25) is 0 Å². The van der Waals surface area contributed by atoms with Crippen molar-refractivity contribution >= 4 is 27.5 Å². The largest absolute Gasteiger partial charge is 0.493 e. The smallest absolute Gasteiger partial charge is 0.264 e. The zero-order chi connectivity index (χ0) is 32.6. The molecule has 0 saturated heterocycles. The summed E-state index contributed by atoms with van der Waals surface area (Å²) in [5.74, 6) is -1.12. The predicted molar refractivity (Wildman–Crippen MR) is 170 cm³/mol. The number of nitrogens with one attached hydrogen (secondary N) is 1. The number of rotatable bonds is 13. The molecule has 0 aliphatic heterocycles. The van der Waals surface area contributed by atoms with Gasteiger partial charge in [-0.3, -0.25) is 13.9 Å². The molecule has 11 heteroatoms. The first-order chi connectivity index (χ1) is 21.6. The van der Waals surface area contributed by atoms with Crippen molar-refractivity contribution in [2.45, 2.75) is 30.8 Å². The standard InChI is InChI=1S/C34H36FN3O6S/c1-24-9-8-12-26(19-24)22-37(30(34(40)36-2)20-25-10-6-5-7-11-25)33(39)23-38(28-15-13-27(35)14-16-28)45(41,42)29-17-18-31(43-3)32(21-29)44-4/h5-19,21,30H,20,22-23H2,1-4H3,(H,36,40)/t30-/m1/s1. The molecule has 45 heavy (non-hydrogen) atoms. The zero-order valence-corrected chi connectivity index (χ0v) is 26.4. The average molecular weight is 634 g/mol. The SMILES string of the molecule is CNC(=O)[C@@H](Cc1ccccc1)N(Cc1cccc(C)c1)C(=O)CN(c1ccc(F)cc1)S(=O)(=O)c1ccc(OC)c(OC)c1. The van der Waals surface area contributed by atoms with Crippen molar-refractivity contribution in [1.29, 1.82) is 0 Å². The molecule has 0 bridgehead atoms. The van der Waals surface area contributed by atoms with Gasteiger partial charge in [0.2, 0.25) is 11.8 Å². The van der Waals surface area contributed by atoms with Gasteiger partial charge in [-0.25, -0.2) is 12.8 Å². The lowest BCUT2D eigenvalue weighted by atomic mass is 10.0. The van der Waals surface area contributed by atoms with Gasteiger partial charge in [0.1, 0.15) is 18.4 Å². The van der Waals surface area contributed by atoms with Gasteiger partial charge in [0, 0.05) is 26.1 Å². The number of aryl methyl sites for hydroxylation is 1. The van der Waals surface area contributed by atoms with Gasteiger partial charge in [0.15, 0.2) is 11.5 Å². The maximum Gasteiger partial charge on any atom is 0.264 e. The van der Waals surface area contributed by atoms with Gasteiger partial charge < -0.3 is 19.7 Å². The van der Waals surface area contributed by atoms with E-state index in [0.29, 0.717) is 5.75 Å². The number of hydrogen-bond donors (Lipinski definition) is 1. The normalized spacial score (nSPS) is 11.8. The van der Waals surface area contributed by atoms with Crippen LogP contribution in [0.4, 0.5) is 10.1 Å². The molecule has 0 aliphatic carbocycles. The molecule has 4 rings (SSSR count). The van der Waals surface area contributed by atoms with Crippen LogP contribution in [0.5, 0.6) is 11.5 Å². The van der Waals surface area contributed by atoms with Crippen LogP contribution in [0.3, 0.4) is 0 Å². The number of benzene rings is 4. The second-order valence-electron chi connectivity index (χ2n) is 10.3. The summed E-state index contributed by atoms with van der Waals surface area (Å²) in [7, 11) is -0.121. The molecule has 1 atom stereocenters. The van der Waals surface area contributed by atoms with Gasteiger partial charge in [0.25, 0.3) is 10.0 Å². The van der Waals surface area contributed by atoms with E-state index in [9.17, 15) is 22.4 Å². The summed E-state index contributed by atoms with van der Waals surface area (Å²) in [5, 5.41) is 2.66. The Bertz CT molecular complexity index is 1730. The first kappa shape index (κ1) is 33.0. The Morgan fingerprint density at radius 2 is 1.51 bits per heavy atom. The molecule has 0 fully saturated rings. The van der Waals surface area contributed by atoms with Gasteiger partial charge in [0.05, 0.1) is 24.8 Å². The number of methoxy groups -OCH3 is 2. The Labute approximate surface area is 263 Å². The molecule has 0 unspecified atom stereocenters. The van der Waals surface area contributed by atoms with E-state index in [4.69, 9.17) is 9.47 Å². The maximum absolute atomic E-state index is 14.4. The monoisotopic (exact) mass is 633 g/mol. The zero-order valence-electron chi connectivity index (χ0n) is 25.6. The number of hydrogen-bond acceptors (Lipinski definition) is 6. The van der Waals surface area contributed by atoms with Crippen molar-refractivity contribution in [1.82, 2.24) is 10.2 Å². The van der Waals surface area contributed by atoms with Crippen molar-refractivity contribution < 1.29 is 31.9 Å². The molecule has 9 nitrogen and oxygen atoms in total. The number of anilines is 1. The van der Waals surface area contributed by atoms with Crippen LogP contribution in [0.25, 0.3) is 0 Å². The lowest BCUT2D eigenvalue weighted by Gasteiger charge is -2.33. The molecule has 0 aliphatic rings. The second-order valence-corrected chi connectivity index (χ2v) is 12.2. The van der Waals surface area contributed by atoms with E-state index in [0.717, 1.165) is 33.1 Å². The van der Waals surface area contributed by atoms with Crippen LogP contribution in [-0.4, -0.2) is 59.0 Å². The number of likely N-dealkylation sites (N-methyl/N-ethyl adjacent to an activating group) is 1. The molecule has 236 valence electrons. The number of nitrogens with zero attached hydrogens (tertiary/aromatic N) is 2. The van der Waals surface area contributed by atoms with E-state index in [2.05, 4.69) is 5.32 Å². The van der Waals surface area contributed by atoms with Gasteiger partial charge in [-0.05, 0) is 54.4 Å². The predicted octanol–water partition coefficient (Wildman–Crippen LogP) is 4.73. The number of carbonyl (C=O) groups is 2. The fraction of sp³-hybridized carbons (Fsp3) is 0.235. The Morgan fingerprint density at radius 1 is 0.844 bits per heavy atom. The molecule has 0 heterocycles. The summed E-state index contributed by atoms with van der Waals surface area (Å²) in [4.78, 5) is 28.9. The number of amides is 2. The number of sulfonamides is 1. The number of ether oxygens (including phenoxy) is 2. The van der Waals surface area contributed by atoms with Gasteiger partial charge in [-0.2, -0.15) is 0 Å². The minimum Gasteiger partial charge on any atom is -0.493 e. The Hall–Kier alpha value is -4.90. The van der Waals surface area contributed by atoms with Crippen molar-refractivity contribution in [3.05, 3.63) is 120 Å². The summed E-state index contributed by atoms with van der Waals surface area (Å²) < 4.78 is 53.8. The molecular weight excluding hydrogens is 597 g/mol. The lowest BCUT2D eigenvalue weighted by Crippen LogP contribution is -2.53. The third-order valence-electron chi connectivity index (χ3n) is 7.29. The van der Waals surface area contributed by atoms with E-state index in [1.165, 1.54) is 56.5 Å². The Kier molecular flexibility index (Phi) is 10.8. The fourth-order valence-corrected chi connectivity index (χ4v) is 6.40. The van der Waals surface area contributed by atoms with Crippen LogP contribution < -0.4 is 19.1 Å². The maximum atomic E-state index is 14.4. The highest BCUT2D eigenvalue weighted by atomic mass is 32.2. The molecular formula is C34H36FN3O6S. The first-order valence-electron chi connectivity index (χ1n) is 14.2.